The quantitative estimate of drug-likeness (QED) is 0.654. The van der Waals surface area contributed by atoms with Gasteiger partial charge in [0.05, 0.1) is 18.1 Å². The fourth-order valence-corrected chi connectivity index (χ4v) is 2.74. The summed E-state index contributed by atoms with van der Waals surface area (Å²) in [7, 11) is 0. The van der Waals surface area contributed by atoms with E-state index in [-0.39, 0.29) is 29.9 Å². The molecule has 2 aliphatic rings. The molecule has 3 unspecified atom stereocenters. The van der Waals surface area contributed by atoms with Gasteiger partial charge in [-0.15, -0.1) is 0 Å². The van der Waals surface area contributed by atoms with Crippen LogP contribution < -0.4 is 5.32 Å². The Hall–Kier alpha value is -0.900. The SMILES string of the molecule is CC1CC(C2CC(=O)NC2=O)CC(C)O1. The standard InChI is InChI=1S/C11H17NO3/c1-6-3-8(4-7(2)15-6)9-5-10(13)12-11(9)14/h6-9H,3-5H2,1-2H3,(H,12,13,14). The minimum atomic E-state index is -0.128. The number of rotatable bonds is 1. The predicted octanol–water partition coefficient (Wildman–Crippen LogP) is 0.853. The summed E-state index contributed by atoms with van der Waals surface area (Å²) >= 11 is 0. The molecule has 2 aliphatic heterocycles. The van der Waals surface area contributed by atoms with Crippen LogP contribution in [0, 0.1) is 11.8 Å². The van der Waals surface area contributed by atoms with Crippen LogP contribution in [-0.4, -0.2) is 24.0 Å². The first-order valence-corrected chi connectivity index (χ1v) is 5.55. The number of imide groups is 1. The average Bonchev–Trinajstić information content (AvgIpc) is 2.43. The second-order valence-corrected chi connectivity index (χ2v) is 4.71. The van der Waals surface area contributed by atoms with Crippen molar-refractivity contribution in [3.05, 3.63) is 0 Å². The highest BCUT2D eigenvalue weighted by molar-refractivity contribution is 6.03. The van der Waals surface area contributed by atoms with Crippen molar-refractivity contribution in [2.24, 2.45) is 11.8 Å². The van der Waals surface area contributed by atoms with Crippen LogP contribution in [0.3, 0.4) is 0 Å². The third-order valence-electron chi connectivity index (χ3n) is 3.31. The minimum absolute atomic E-state index is 0.0914. The molecular formula is C11H17NO3. The molecule has 0 aromatic rings. The molecule has 3 atom stereocenters. The highest BCUT2D eigenvalue weighted by atomic mass is 16.5. The Kier molecular flexibility index (Phi) is 2.78. The number of carbonyl (C=O) groups is 2. The van der Waals surface area contributed by atoms with Crippen LogP contribution in [-0.2, 0) is 14.3 Å². The van der Waals surface area contributed by atoms with Gasteiger partial charge in [0, 0.05) is 6.42 Å². The fraction of sp³-hybridized carbons (Fsp3) is 0.818. The van der Waals surface area contributed by atoms with E-state index in [1.165, 1.54) is 0 Å². The molecule has 0 saturated carbocycles. The average molecular weight is 211 g/mol. The van der Waals surface area contributed by atoms with Crippen LogP contribution in [0.5, 0.6) is 0 Å². The minimum Gasteiger partial charge on any atom is -0.376 e. The summed E-state index contributed by atoms with van der Waals surface area (Å²) in [5.41, 5.74) is 0. The number of nitrogens with one attached hydrogen (secondary N) is 1. The van der Waals surface area contributed by atoms with E-state index in [4.69, 9.17) is 4.74 Å². The van der Waals surface area contributed by atoms with E-state index in [1.54, 1.807) is 0 Å². The molecule has 2 rings (SSSR count). The summed E-state index contributed by atoms with van der Waals surface area (Å²) in [6.07, 6.45) is 2.53. The number of ether oxygens (including phenoxy) is 1. The molecule has 2 saturated heterocycles. The monoisotopic (exact) mass is 211 g/mol. The molecule has 2 heterocycles. The summed E-state index contributed by atoms with van der Waals surface area (Å²) in [5.74, 6) is -0.0374. The number of carbonyl (C=O) groups excluding carboxylic acids is 2. The third kappa shape index (κ3) is 2.20. The third-order valence-corrected chi connectivity index (χ3v) is 3.31. The van der Waals surface area contributed by atoms with Crippen LogP contribution >= 0.6 is 0 Å². The molecule has 0 radical (unpaired) electrons. The number of amides is 2. The fourth-order valence-electron chi connectivity index (χ4n) is 2.74. The lowest BCUT2D eigenvalue weighted by Gasteiger charge is -2.34. The Bertz CT molecular complexity index is 280. The molecule has 4 heteroatoms. The number of hydrogen-bond acceptors (Lipinski definition) is 3. The van der Waals surface area contributed by atoms with E-state index >= 15 is 0 Å². The van der Waals surface area contributed by atoms with E-state index in [1.807, 2.05) is 13.8 Å². The highest BCUT2D eigenvalue weighted by Crippen LogP contribution is 2.34. The van der Waals surface area contributed by atoms with Crippen molar-refractivity contribution in [1.82, 2.24) is 5.32 Å². The summed E-state index contributed by atoms with van der Waals surface area (Å²) in [4.78, 5) is 22.6. The van der Waals surface area contributed by atoms with E-state index in [0.29, 0.717) is 12.3 Å². The maximum absolute atomic E-state index is 11.5. The molecule has 0 aliphatic carbocycles. The van der Waals surface area contributed by atoms with Gasteiger partial charge in [-0.2, -0.15) is 0 Å². The molecular weight excluding hydrogens is 194 g/mol. The first-order chi connectivity index (χ1) is 7.06. The lowest BCUT2D eigenvalue weighted by Crippen LogP contribution is -2.35. The van der Waals surface area contributed by atoms with Gasteiger partial charge in [-0.1, -0.05) is 0 Å². The van der Waals surface area contributed by atoms with E-state index in [2.05, 4.69) is 5.32 Å². The predicted molar refractivity (Wildman–Crippen MR) is 54.0 cm³/mol. The zero-order valence-corrected chi connectivity index (χ0v) is 9.16. The zero-order chi connectivity index (χ0) is 11.0. The second-order valence-electron chi connectivity index (χ2n) is 4.71. The van der Waals surface area contributed by atoms with Gasteiger partial charge in [0.15, 0.2) is 0 Å². The Labute approximate surface area is 89.4 Å². The van der Waals surface area contributed by atoms with Gasteiger partial charge >= 0.3 is 0 Å². The van der Waals surface area contributed by atoms with Crippen molar-refractivity contribution >= 4 is 11.8 Å². The van der Waals surface area contributed by atoms with Gasteiger partial charge in [-0.05, 0) is 32.6 Å². The molecule has 0 bridgehead atoms. The van der Waals surface area contributed by atoms with Crippen molar-refractivity contribution < 1.29 is 14.3 Å². The van der Waals surface area contributed by atoms with Gasteiger partial charge in [0.1, 0.15) is 0 Å². The van der Waals surface area contributed by atoms with Crippen LogP contribution in [0.1, 0.15) is 33.1 Å². The Morgan fingerprint density at radius 1 is 1.20 bits per heavy atom. The smallest absolute Gasteiger partial charge is 0.230 e. The normalized spacial score (nSPS) is 41.7. The maximum Gasteiger partial charge on any atom is 0.230 e. The largest absolute Gasteiger partial charge is 0.376 e. The molecule has 1 N–H and O–H groups in total. The van der Waals surface area contributed by atoms with Crippen LogP contribution in [0.15, 0.2) is 0 Å². The van der Waals surface area contributed by atoms with Gasteiger partial charge < -0.3 is 4.74 Å². The van der Waals surface area contributed by atoms with E-state index in [9.17, 15) is 9.59 Å². The summed E-state index contributed by atoms with van der Waals surface area (Å²) in [6.45, 7) is 4.05. The van der Waals surface area contributed by atoms with Crippen LogP contribution in [0.25, 0.3) is 0 Å². The molecule has 4 nitrogen and oxygen atoms in total. The first kappa shape index (κ1) is 10.6. The lowest BCUT2D eigenvalue weighted by atomic mass is 9.81. The van der Waals surface area contributed by atoms with Gasteiger partial charge in [-0.25, -0.2) is 0 Å². The van der Waals surface area contributed by atoms with E-state index < -0.39 is 0 Å². The second kappa shape index (κ2) is 3.93. The van der Waals surface area contributed by atoms with Gasteiger partial charge in [0.25, 0.3) is 0 Å². The van der Waals surface area contributed by atoms with Crippen molar-refractivity contribution in [2.45, 2.75) is 45.3 Å². The molecule has 0 spiro atoms. The molecule has 2 fully saturated rings. The Morgan fingerprint density at radius 3 is 2.27 bits per heavy atom. The van der Waals surface area contributed by atoms with E-state index in [0.717, 1.165) is 12.8 Å². The molecule has 84 valence electrons. The topological polar surface area (TPSA) is 55.4 Å². The Morgan fingerprint density at radius 2 is 1.80 bits per heavy atom. The van der Waals surface area contributed by atoms with Gasteiger partial charge in [0.2, 0.25) is 11.8 Å². The number of hydrogen-bond donors (Lipinski definition) is 1. The zero-order valence-electron chi connectivity index (χ0n) is 9.16. The molecule has 0 aromatic heterocycles. The lowest BCUT2D eigenvalue weighted by molar-refractivity contribution is -0.128. The highest BCUT2D eigenvalue weighted by Gasteiger charge is 2.39. The van der Waals surface area contributed by atoms with Crippen molar-refractivity contribution in [3.63, 3.8) is 0 Å². The van der Waals surface area contributed by atoms with Crippen LogP contribution in [0.2, 0.25) is 0 Å². The molecule has 2 amide bonds. The van der Waals surface area contributed by atoms with Crippen molar-refractivity contribution in [3.8, 4) is 0 Å². The summed E-state index contributed by atoms with van der Waals surface area (Å²) in [6, 6.07) is 0. The van der Waals surface area contributed by atoms with Gasteiger partial charge in [-0.3, -0.25) is 14.9 Å². The van der Waals surface area contributed by atoms with Crippen molar-refractivity contribution in [2.75, 3.05) is 0 Å². The summed E-state index contributed by atoms with van der Waals surface area (Å²) < 4.78 is 5.62. The maximum atomic E-state index is 11.5. The summed E-state index contributed by atoms with van der Waals surface area (Å²) in [5, 5.41) is 2.38. The Balaban J connectivity index is 2.03. The molecule has 15 heavy (non-hydrogen) atoms. The molecule has 0 aromatic carbocycles. The van der Waals surface area contributed by atoms with Crippen LogP contribution in [0.4, 0.5) is 0 Å². The van der Waals surface area contributed by atoms with Crippen molar-refractivity contribution in [1.29, 1.82) is 0 Å². The first-order valence-electron chi connectivity index (χ1n) is 5.55.